The Balaban J connectivity index is 2.85. The van der Waals surface area contributed by atoms with E-state index in [0.29, 0.717) is 0 Å². The Bertz CT molecular complexity index is 248. The first-order chi connectivity index (χ1) is 5.58. The van der Waals surface area contributed by atoms with Crippen molar-refractivity contribution >= 4 is 15.9 Å². The van der Waals surface area contributed by atoms with Gasteiger partial charge in [-0.3, -0.25) is 0 Å². The first-order valence-corrected chi connectivity index (χ1v) is 4.81. The highest BCUT2D eigenvalue weighted by Crippen LogP contribution is 2.16. The zero-order chi connectivity index (χ0) is 9.14. The maximum atomic E-state index is 9.17. The quantitative estimate of drug-likeness (QED) is 0.826. The van der Waals surface area contributed by atoms with Gasteiger partial charge in [0.1, 0.15) is 0 Å². The lowest BCUT2D eigenvalue weighted by Crippen LogP contribution is -2.04. The van der Waals surface area contributed by atoms with Crippen LogP contribution in [0.1, 0.15) is 18.1 Å². The normalized spacial score (nSPS) is 13.0. The highest BCUT2D eigenvalue weighted by Gasteiger charge is 2.00. The first kappa shape index (κ1) is 9.75. The Morgan fingerprint density at radius 2 is 2.08 bits per heavy atom. The fourth-order valence-corrected chi connectivity index (χ4v) is 1.93. The average molecular weight is 229 g/mol. The molecule has 0 saturated carbocycles. The van der Waals surface area contributed by atoms with Crippen LogP contribution in [0.3, 0.4) is 0 Å². The molecule has 2 heteroatoms. The number of benzene rings is 1. The Labute approximate surface area is 81.6 Å². The first-order valence-electron chi connectivity index (χ1n) is 4.02. The highest BCUT2D eigenvalue weighted by molar-refractivity contribution is 9.10. The van der Waals surface area contributed by atoms with E-state index in [1.54, 1.807) is 6.92 Å². The van der Waals surface area contributed by atoms with E-state index in [4.69, 9.17) is 0 Å². The molecule has 0 unspecified atom stereocenters. The Morgan fingerprint density at radius 3 is 2.58 bits per heavy atom. The fraction of sp³-hybridized carbons (Fsp3) is 0.400. The van der Waals surface area contributed by atoms with E-state index in [1.807, 2.05) is 6.07 Å². The van der Waals surface area contributed by atoms with Crippen molar-refractivity contribution in [3.8, 4) is 0 Å². The van der Waals surface area contributed by atoms with Crippen molar-refractivity contribution in [3.63, 3.8) is 0 Å². The lowest BCUT2D eigenvalue weighted by Gasteiger charge is -2.05. The molecule has 0 fully saturated rings. The van der Waals surface area contributed by atoms with Crippen molar-refractivity contribution in [1.82, 2.24) is 0 Å². The number of aliphatic hydroxyl groups excluding tert-OH is 1. The molecule has 0 amide bonds. The summed E-state index contributed by atoms with van der Waals surface area (Å²) in [5.41, 5.74) is 2.40. The standard InChI is InChI=1S/C10H13BrO/c1-7-3-9(5-8(2)12)6-10(11)4-7/h3-4,6,8,12H,5H2,1-2H3/t8-/m1/s1. The maximum absolute atomic E-state index is 9.17. The Morgan fingerprint density at radius 1 is 1.42 bits per heavy atom. The van der Waals surface area contributed by atoms with Crippen molar-refractivity contribution in [3.05, 3.63) is 33.8 Å². The van der Waals surface area contributed by atoms with E-state index >= 15 is 0 Å². The molecule has 0 aliphatic carbocycles. The van der Waals surface area contributed by atoms with E-state index in [0.717, 1.165) is 10.9 Å². The van der Waals surface area contributed by atoms with Gasteiger partial charge in [-0.05, 0) is 43.5 Å². The van der Waals surface area contributed by atoms with Crippen LogP contribution in [0.25, 0.3) is 0 Å². The predicted octanol–water partition coefficient (Wildman–Crippen LogP) is 2.68. The van der Waals surface area contributed by atoms with Crippen LogP contribution >= 0.6 is 15.9 Å². The molecule has 0 spiro atoms. The molecular formula is C10H13BrO. The van der Waals surface area contributed by atoms with Crippen LogP contribution in [0.4, 0.5) is 0 Å². The molecule has 0 aliphatic rings. The molecule has 1 aromatic carbocycles. The van der Waals surface area contributed by atoms with Gasteiger partial charge in [0.25, 0.3) is 0 Å². The molecular weight excluding hydrogens is 216 g/mol. The third kappa shape index (κ3) is 2.95. The monoisotopic (exact) mass is 228 g/mol. The van der Waals surface area contributed by atoms with Gasteiger partial charge in [0.2, 0.25) is 0 Å². The molecule has 1 aromatic rings. The van der Waals surface area contributed by atoms with Gasteiger partial charge in [0, 0.05) is 4.47 Å². The summed E-state index contributed by atoms with van der Waals surface area (Å²) in [6.07, 6.45) is 0.457. The summed E-state index contributed by atoms with van der Waals surface area (Å²) >= 11 is 3.42. The van der Waals surface area contributed by atoms with Gasteiger partial charge in [0.15, 0.2) is 0 Å². The average Bonchev–Trinajstić information content (AvgIpc) is 1.81. The van der Waals surface area contributed by atoms with Gasteiger partial charge in [-0.2, -0.15) is 0 Å². The van der Waals surface area contributed by atoms with E-state index in [1.165, 1.54) is 11.1 Å². The number of aliphatic hydroxyl groups is 1. The largest absolute Gasteiger partial charge is 0.393 e. The van der Waals surface area contributed by atoms with Gasteiger partial charge in [-0.25, -0.2) is 0 Å². The maximum Gasteiger partial charge on any atom is 0.0552 e. The van der Waals surface area contributed by atoms with Crippen molar-refractivity contribution in [2.24, 2.45) is 0 Å². The molecule has 1 nitrogen and oxygen atoms in total. The Hall–Kier alpha value is -0.340. The molecule has 1 N–H and O–H groups in total. The zero-order valence-electron chi connectivity index (χ0n) is 7.34. The van der Waals surface area contributed by atoms with E-state index in [2.05, 4.69) is 35.0 Å². The second-order valence-corrected chi connectivity index (χ2v) is 4.11. The molecule has 0 aliphatic heterocycles. The van der Waals surface area contributed by atoms with Crippen LogP contribution in [0.2, 0.25) is 0 Å². The molecule has 0 radical (unpaired) electrons. The number of hydrogen-bond donors (Lipinski definition) is 1. The minimum absolute atomic E-state index is 0.265. The summed E-state index contributed by atoms with van der Waals surface area (Å²) in [5.74, 6) is 0. The Kier molecular flexibility index (Phi) is 3.29. The van der Waals surface area contributed by atoms with Gasteiger partial charge in [0.05, 0.1) is 6.10 Å². The number of rotatable bonds is 2. The van der Waals surface area contributed by atoms with Gasteiger partial charge >= 0.3 is 0 Å². The summed E-state index contributed by atoms with van der Waals surface area (Å²) in [6.45, 7) is 3.85. The molecule has 12 heavy (non-hydrogen) atoms. The van der Waals surface area contributed by atoms with Crippen LogP contribution in [0.15, 0.2) is 22.7 Å². The van der Waals surface area contributed by atoms with Crippen LogP contribution < -0.4 is 0 Å². The van der Waals surface area contributed by atoms with Gasteiger partial charge in [-0.1, -0.05) is 22.0 Å². The topological polar surface area (TPSA) is 20.2 Å². The fourth-order valence-electron chi connectivity index (χ4n) is 1.27. The van der Waals surface area contributed by atoms with Crippen LogP contribution in [0.5, 0.6) is 0 Å². The molecule has 0 aromatic heterocycles. The molecule has 0 saturated heterocycles. The molecule has 0 bridgehead atoms. The predicted molar refractivity (Wildman–Crippen MR) is 54.3 cm³/mol. The summed E-state index contributed by atoms with van der Waals surface area (Å²) in [6, 6.07) is 6.20. The number of hydrogen-bond acceptors (Lipinski definition) is 1. The van der Waals surface area contributed by atoms with Crippen LogP contribution in [-0.4, -0.2) is 11.2 Å². The molecule has 1 atom stereocenters. The third-order valence-corrected chi connectivity index (χ3v) is 2.09. The number of halogens is 1. The van der Waals surface area contributed by atoms with E-state index < -0.39 is 0 Å². The summed E-state index contributed by atoms with van der Waals surface area (Å²) in [7, 11) is 0. The highest BCUT2D eigenvalue weighted by atomic mass is 79.9. The minimum atomic E-state index is -0.265. The van der Waals surface area contributed by atoms with E-state index in [9.17, 15) is 5.11 Å². The summed E-state index contributed by atoms with van der Waals surface area (Å²) < 4.78 is 1.08. The molecule has 0 heterocycles. The second-order valence-electron chi connectivity index (χ2n) is 3.19. The SMILES string of the molecule is Cc1cc(Br)cc(C[C@@H](C)O)c1. The molecule has 1 rings (SSSR count). The van der Waals surface area contributed by atoms with Crippen LogP contribution in [-0.2, 0) is 6.42 Å². The van der Waals surface area contributed by atoms with Gasteiger partial charge < -0.3 is 5.11 Å². The lowest BCUT2D eigenvalue weighted by atomic mass is 10.1. The van der Waals surface area contributed by atoms with Gasteiger partial charge in [-0.15, -0.1) is 0 Å². The van der Waals surface area contributed by atoms with Crippen LogP contribution in [0, 0.1) is 6.92 Å². The second kappa shape index (κ2) is 4.06. The summed E-state index contributed by atoms with van der Waals surface area (Å²) in [5, 5.41) is 9.17. The van der Waals surface area contributed by atoms with Crippen molar-refractivity contribution in [2.45, 2.75) is 26.4 Å². The summed E-state index contributed by atoms with van der Waals surface area (Å²) in [4.78, 5) is 0. The minimum Gasteiger partial charge on any atom is -0.393 e. The van der Waals surface area contributed by atoms with Crippen molar-refractivity contribution < 1.29 is 5.11 Å². The van der Waals surface area contributed by atoms with E-state index in [-0.39, 0.29) is 6.10 Å². The molecule has 66 valence electrons. The lowest BCUT2D eigenvalue weighted by molar-refractivity contribution is 0.195. The van der Waals surface area contributed by atoms with Crippen molar-refractivity contribution in [2.75, 3.05) is 0 Å². The zero-order valence-corrected chi connectivity index (χ0v) is 8.93. The van der Waals surface area contributed by atoms with Crippen molar-refractivity contribution in [1.29, 1.82) is 0 Å². The third-order valence-electron chi connectivity index (χ3n) is 1.63. The number of aryl methyl sites for hydroxylation is 1. The smallest absolute Gasteiger partial charge is 0.0552 e.